The Kier molecular flexibility index (Phi) is 5.97. The number of hydrogen-bond acceptors (Lipinski definition) is 3. The average Bonchev–Trinajstić information content (AvgIpc) is 3.00. The van der Waals surface area contributed by atoms with Crippen LogP contribution in [0.4, 0.5) is 0 Å². The lowest BCUT2D eigenvalue weighted by Crippen LogP contribution is -2.37. The predicted octanol–water partition coefficient (Wildman–Crippen LogP) is 0.888. The van der Waals surface area contributed by atoms with Crippen LogP contribution in [0.3, 0.4) is 0 Å². The van der Waals surface area contributed by atoms with Crippen LogP contribution in [-0.2, 0) is 9.59 Å². The first-order valence-corrected chi connectivity index (χ1v) is 6.36. The van der Waals surface area contributed by atoms with Crippen molar-refractivity contribution < 1.29 is 14.7 Å². The van der Waals surface area contributed by atoms with Crippen LogP contribution in [0.5, 0.6) is 0 Å². The molecule has 0 spiro atoms. The van der Waals surface area contributed by atoms with Gasteiger partial charge in [-0.25, -0.2) is 0 Å². The molecular formula is C12H22N2O3. The monoisotopic (exact) mass is 242 g/mol. The van der Waals surface area contributed by atoms with Gasteiger partial charge in [-0.05, 0) is 19.3 Å². The minimum Gasteiger partial charge on any atom is -0.481 e. The van der Waals surface area contributed by atoms with Gasteiger partial charge in [-0.15, -0.1) is 0 Å². The van der Waals surface area contributed by atoms with Crippen molar-refractivity contribution in [3.8, 4) is 0 Å². The molecule has 5 heteroatoms. The van der Waals surface area contributed by atoms with Gasteiger partial charge in [-0.1, -0.05) is 13.3 Å². The molecule has 0 aromatic carbocycles. The predicted molar refractivity (Wildman–Crippen MR) is 64.7 cm³/mol. The quantitative estimate of drug-likeness (QED) is 0.561. The number of carbonyl (C=O) groups is 2. The Hall–Kier alpha value is -1.10. The van der Waals surface area contributed by atoms with E-state index >= 15 is 0 Å². The molecule has 0 aromatic heterocycles. The van der Waals surface area contributed by atoms with E-state index in [1.165, 1.54) is 12.8 Å². The lowest BCUT2D eigenvalue weighted by molar-refractivity contribution is -0.137. The third-order valence-corrected chi connectivity index (χ3v) is 2.79. The van der Waals surface area contributed by atoms with Crippen molar-refractivity contribution in [2.24, 2.45) is 0 Å². The van der Waals surface area contributed by atoms with Crippen LogP contribution in [0.15, 0.2) is 0 Å². The van der Waals surface area contributed by atoms with Gasteiger partial charge in [0, 0.05) is 25.0 Å². The number of rotatable bonds is 9. The van der Waals surface area contributed by atoms with Gasteiger partial charge < -0.3 is 15.7 Å². The normalized spacial score (nSPS) is 16.5. The highest BCUT2D eigenvalue weighted by Crippen LogP contribution is 2.18. The first kappa shape index (κ1) is 14.0. The van der Waals surface area contributed by atoms with Gasteiger partial charge in [0.15, 0.2) is 0 Å². The van der Waals surface area contributed by atoms with Gasteiger partial charge in [-0.3, -0.25) is 9.59 Å². The largest absolute Gasteiger partial charge is 0.481 e. The minimum absolute atomic E-state index is 0.00956. The first-order valence-electron chi connectivity index (χ1n) is 6.36. The summed E-state index contributed by atoms with van der Waals surface area (Å²) in [6, 6.07) is 0.374. The van der Waals surface area contributed by atoms with Crippen molar-refractivity contribution in [2.45, 2.75) is 57.5 Å². The van der Waals surface area contributed by atoms with Crippen molar-refractivity contribution in [1.82, 2.24) is 10.6 Å². The summed E-state index contributed by atoms with van der Waals surface area (Å²) in [5.41, 5.74) is 0. The van der Waals surface area contributed by atoms with E-state index in [0.717, 1.165) is 6.42 Å². The third kappa shape index (κ3) is 6.94. The van der Waals surface area contributed by atoms with E-state index in [1.807, 2.05) is 6.92 Å². The Labute approximate surface area is 102 Å². The van der Waals surface area contributed by atoms with Crippen molar-refractivity contribution in [3.63, 3.8) is 0 Å². The molecule has 1 fully saturated rings. The topological polar surface area (TPSA) is 78.4 Å². The summed E-state index contributed by atoms with van der Waals surface area (Å²) in [6.45, 7) is 2.66. The summed E-state index contributed by atoms with van der Waals surface area (Å²) < 4.78 is 0. The number of carbonyl (C=O) groups excluding carboxylic acids is 1. The SMILES string of the molecule is CCCC(CC(=O)O)NC(=O)CCNC1CC1. The van der Waals surface area contributed by atoms with E-state index in [4.69, 9.17) is 5.11 Å². The molecular weight excluding hydrogens is 220 g/mol. The van der Waals surface area contributed by atoms with Crippen LogP contribution in [-0.4, -0.2) is 35.6 Å². The van der Waals surface area contributed by atoms with Crippen LogP contribution in [0, 0.1) is 0 Å². The minimum atomic E-state index is -0.861. The zero-order valence-electron chi connectivity index (χ0n) is 10.4. The molecule has 1 atom stereocenters. The van der Waals surface area contributed by atoms with E-state index in [0.29, 0.717) is 25.4 Å². The Bertz CT molecular complexity index is 264. The fourth-order valence-corrected chi connectivity index (χ4v) is 1.76. The lowest BCUT2D eigenvalue weighted by Gasteiger charge is -2.16. The highest BCUT2D eigenvalue weighted by atomic mass is 16.4. The van der Waals surface area contributed by atoms with Gasteiger partial charge in [0.1, 0.15) is 0 Å². The fourth-order valence-electron chi connectivity index (χ4n) is 1.76. The standard InChI is InChI=1S/C12H22N2O3/c1-2-3-10(8-12(16)17)14-11(15)6-7-13-9-4-5-9/h9-10,13H,2-8H2,1H3,(H,14,15)(H,16,17). The highest BCUT2D eigenvalue weighted by Gasteiger charge is 2.20. The van der Waals surface area contributed by atoms with Crippen molar-refractivity contribution in [3.05, 3.63) is 0 Å². The van der Waals surface area contributed by atoms with Crippen molar-refractivity contribution in [2.75, 3.05) is 6.54 Å². The summed E-state index contributed by atoms with van der Waals surface area (Å²) in [4.78, 5) is 22.2. The fraction of sp³-hybridized carbons (Fsp3) is 0.833. The molecule has 98 valence electrons. The third-order valence-electron chi connectivity index (χ3n) is 2.79. The maximum absolute atomic E-state index is 11.6. The molecule has 0 bridgehead atoms. The molecule has 1 aliphatic carbocycles. The van der Waals surface area contributed by atoms with Crippen LogP contribution in [0.1, 0.15) is 45.4 Å². The molecule has 0 aliphatic heterocycles. The van der Waals surface area contributed by atoms with Crippen LogP contribution in [0.25, 0.3) is 0 Å². The highest BCUT2D eigenvalue weighted by molar-refractivity contribution is 5.77. The number of amides is 1. The maximum atomic E-state index is 11.6. The molecule has 1 unspecified atom stereocenters. The van der Waals surface area contributed by atoms with Crippen molar-refractivity contribution >= 4 is 11.9 Å². The second-order valence-corrected chi connectivity index (χ2v) is 4.63. The summed E-state index contributed by atoms with van der Waals surface area (Å²) in [5, 5.41) is 14.8. The molecule has 0 saturated heterocycles. The van der Waals surface area contributed by atoms with E-state index in [-0.39, 0.29) is 18.4 Å². The molecule has 1 saturated carbocycles. The second-order valence-electron chi connectivity index (χ2n) is 4.63. The number of carboxylic acids is 1. The lowest BCUT2D eigenvalue weighted by atomic mass is 10.1. The molecule has 5 nitrogen and oxygen atoms in total. The van der Waals surface area contributed by atoms with Gasteiger partial charge in [0.2, 0.25) is 5.91 Å². The summed E-state index contributed by atoms with van der Waals surface area (Å²) in [7, 11) is 0. The van der Waals surface area contributed by atoms with Gasteiger partial charge in [0.25, 0.3) is 0 Å². The molecule has 1 rings (SSSR count). The van der Waals surface area contributed by atoms with Gasteiger partial charge >= 0.3 is 5.97 Å². The number of hydrogen-bond donors (Lipinski definition) is 3. The van der Waals surface area contributed by atoms with Gasteiger partial charge in [-0.2, -0.15) is 0 Å². The molecule has 1 amide bonds. The van der Waals surface area contributed by atoms with Crippen LogP contribution >= 0.6 is 0 Å². The number of carboxylic acid groups (broad SMARTS) is 1. The Balaban J connectivity index is 2.16. The Morgan fingerprint density at radius 3 is 2.65 bits per heavy atom. The first-order chi connectivity index (χ1) is 8.11. The molecule has 3 N–H and O–H groups in total. The van der Waals surface area contributed by atoms with Crippen LogP contribution < -0.4 is 10.6 Å². The number of aliphatic carboxylic acids is 1. The summed E-state index contributed by atoms with van der Waals surface area (Å²) >= 11 is 0. The van der Waals surface area contributed by atoms with Gasteiger partial charge in [0.05, 0.1) is 6.42 Å². The van der Waals surface area contributed by atoms with Crippen LogP contribution in [0.2, 0.25) is 0 Å². The molecule has 0 heterocycles. The smallest absolute Gasteiger partial charge is 0.305 e. The zero-order chi connectivity index (χ0) is 12.7. The van der Waals surface area contributed by atoms with E-state index in [9.17, 15) is 9.59 Å². The number of nitrogens with one attached hydrogen (secondary N) is 2. The maximum Gasteiger partial charge on any atom is 0.305 e. The summed E-state index contributed by atoms with van der Waals surface area (Å²) in [6.07, 6.45) is 4.44. The van der Waals surface area contributed by atoms with E-state index in [1.54, 1.807) is 0 Å². The van der Waals surface area contributed by atoms with E-state index < -0.39 is 5.97 Å². The average molecular weight is 242 g/mol. The molecule has 1 aliphatic rings. The zero-order valence-corrected chi connectivity index (χ0v) is 10.4. The molecule has 0 radical (unpaired) electrons. The Morgan fingerprint density at radius 1 is 1.41 bits per heavy atom. The molecule has 0 aromatic rings. The Morgan fingerprint density at radius 2 is 2.12 bits per heavy atom. The second kappa shape index (κ2) is 7.27. The van der Waals surface area contributed by atoms with E-state index in [2.05, 4.69) is 10.6 Å². The summed E-state index contributed by atoms with van der Waals surface area (Å²) in [5.74, 6) is -0.919. The van der Waals surface area contributed by atoms with Crippen molar-refractivity contribution in [1.29, 1.82) is 0 Å². The molecule has 17 heavy (non-hydrogen) atoms.